The van der Waals surface area contributed by atoms with E-state index in [-0.39, 0.29) is 23.9 Å². The quantitative estimate of drug-likeness (QED) is 0.388. The maximum absolute atomic E-state index is 13.5. The second-order valence-electron chi connectivity index (χ2n) is 9.91. The monoisotopic (exact) mass is 497 g/mol. The number of amides is 1. The van der Waals surface area contributed by atoms with Crippen molar-refractivity contribution in [1.29, 1.82) is 0 Å². The standard InChI is InChI=1S/C29H31N5O3/c35-27(32-14-16-37-17-15-32)20-33-19-22(23-10-5-7-13-26(23)33)18-30-34-28(21-8-2-1-3-9-21)31-25-12-6-4-11-24(25)29(34)36/h4-7,10-13,18-19,21H,1-3,8-9,14-17,20H2. The van der Waals surface area contributed by atoms with Gasteiger partial charge < -0.3 is 14.2 Å². The zero-order valence-corrected chi connectivity index (χ0v) is 20.9. The van der Waals surface area contributed by atoms with Crippen LogP contribution in [0.5, 0.6) is 0 Å². The molecule has 8 nitrogen and oxygen atoms in total. The molecule has 0 N–H and O–H groups in total. The van der Waals surface area contributed by atoms with Crippen molar-refractivity contribution < 1.29 is 9.53 Å². The van der Waals surface area contributed by atoms with E-state index in [0.717, 1.165) is 53.5 Å². The molecule has 8 heteroatoms. The number of para-hydroxylation sites is 2. The van der Waals surface area contributed by atoms with Crippen molar-refractivity contribution in [3.8, 4) is 0 Å². The van der Waals surface area contributed by atoms with Crippen molar-refractivity contribution in [2.75, 3.05) is 26.3 Å². The average Bonchev–Trinajstić information content (AvgIpc) is 3.30. The van der Waals surface area contributed by atoms with Crippen LogP contribution in [0.2, 0.25) is 0 Å². The van der Waals surface area contributed by atoms with Crippen molar-refractivity contribution in [2.24, 2.45) is 5.10 Å². The van der Waals surface area contributed by atoms with Gasteiger partial charge in [-0.05, 0) is 31.0 Å². The van der Waals surface area contributed by atoms with Crippen LogP contribution in [0.1, 0.15) is 49.4 Å². The minimum absolute atomic E-state index is 0.0714. The predicted molar refractivity (Wildman–Crippen MR) is 144 cm³/mol. The van der Waals surface area contributed by atoms with E-state index in [4.69, 9.17) is 14.8 Å². The molecule has 1 aliphatic carbocycles. The number of hydrogen-bond donors (Lipinski definition) is 0. The molecule has 6 rings (SSSR count). The molecule has 1 amide bonds. The van der Waals surface area contributed by atoms with Crippen LogP contribution in [0, 0.1) is 0 Å². The molecule has 2 aromatic heterocycles. The smallest absolute Gasteiger partial charge is 0.282 e. The minimum Gasteiger partial charge on any atom is -0.378 e. The van der Waals surface area contributed by atoms with Crippen LogP contribution in [0.25, 0.3) is 21.8 Å². The van der Waals surface area contributed by atoms with Crippen LogP contribution < -0.4 is 5.56 Å². The van der Waals surface area contributed by atoms with Gasteiger partial charge in [0.05, 0.1) is 30.3 Å². The van der Waals surface area contributed by atoms with E-state index in [0.29, 0.717) is 31.7 Å². The molecule has 1 saturated heterocycles. The summed E-state index contributed by atoms with van der Waals surface area (Å²) >= 11 is 0. The van der Waals surface area contributed by atoms with Gasteiger partial charge in [-0.3, -0.25) is 9.59 Å². The summed E-state index contributed by atoms with van der Waals surface area (Å²) in [5, 5.41) is 6.28. The second kappa shape index (κ2) is 10.3. The topological polar surface area (TPSA) is 81.7 Å². The van der Waals surface area contributed by atoms with Gasteiger partial charge in [0.2, 0.25) is 5.91 Å². The molecule has 0 unspecified atom stereocenters. The Hall–Kier alpha value is -3.78. The Bertz CT molecular complexity index is 1520. The summed E-state index contributed by atoms with van der Waals surface area (Å²) in [6, 6.07) is 15.5. The van der Waals surface area contributed by atoms with Crippen molar-refractivity contribution in [1.82, 2.24) is 19.1 Å². The summed E-state index contributed by atoms with van der Waals surface area (Å²) in [5.74, 6) is 1.03. The highest BCUT2D eigenvalue weighted by Crippen LogP contribution is 2.32. The Kier molecular flexibility index (Phi) is 6.57. The number of ether oxygens (including phenoxy) is 1. The van der Waals surface area contributed by atoms with Gasteiger partial charge in [0.1, 0.15) is 12.4 Å². The lowest BCUT2D eigenvalue weighted by molar-refractivity contribution is -0.135. The van der Waals surface area contributed by atoms with Gasteiger partial charge in [0.15, 0.2) is 0 Å². The molecule has 0 spiro atoms. The third-order valence-electron chi connectivity index (χ3n) is 7.55. The van der Waals surface area contributed by atoms with E-state index in [1.165, 1.54) is 11.1 Å². The largest absolute Gasteiger partial charge is 0.378 e. The number of hydrogen-bond acceptors (Lipinski definition) is 5. The Labute approximate surface area is 215 Å². The van der Waals surface area contributed by atoms with Crippen molar-refractivity contribution in [3.63, 3.8) is 0 Å². The van der Waals surface area contributed by atoms with Crippen molar-refractivity contribution in [3.05, 3.63) is 76.5 Å². The first-order valence-corrected chi connectivity index (χ1v) is 13.2. The van der Waals surface area contributed by atoms with E-state index < -0.39 is 0 Å². The minimum atomic E-state index is -0.145. The SMILES string of the molecule is O=C(Cn1cc(C=Nn2c(C3CCCCC3)nc3ccccc3c2=O)c2ccccc21)N1CCOCC1. The number of morpholine rings is 1. The van der Waals surface area contributed by atoms with E-state index in [1.807, 2.05) is 64.2 Å². The van der Waals surface area contributed by atoms with E-state index >= 15 is 0 Å². The first-order chi connectivity index (χ1) is 18.2. The van der Waals surface area contributed by atoms with Gasteiger partial charge in [-0.1, -0.05) is 49.6 Å². The summed E-state index contributed by atoms with van der Waals surface area (Å²) in [7, 11) is 0. The van der Waals surface area contributed by atoms with Crippen LogP contribution in [-0.2, 0) is 16.1 Å². The fourth-order valence-electron chi connectivity index (χ4n) is 5.56. The molecule has 0 bridgehead atoms. The first-order valence-electron chi connectivity index (χ1n) is 13.2. The fraction of sp³-hybridized carbons (Fsp3) is 0.379. The number of carbonyl (C=O) groups is 1. The molecule has 2 aromatic carbocycles. The number of benzene rings is 2. The molecule has 3 heterocycles. The first kappa shape index (κ1) is 23.6. The molecule has 4 aromatic rings. The lowest BCUT2D eigenvalue weighted by Crippen LogP contribution is -2.42. The molecule has 37 heavy (non-hydrogen) atoms. The molecule has 2 aliphatic rings. The Morgan fingerprint density at radius 1 is 1.00 bits per heavy atom. The maximum Gasteiger partial charge on any atom is 0.282 e. The van der Waals surface area contributed by atoms with Crippen LogP contribution >= 0.6 is 0 Å². The van der Waals surface area contributed by atoms with Crippen molar-refractivity contribution >= 4 is 33.9 Å². The average molecular weight is 498 g/mol. The highest BCUT2D eigenvalue weighted by atomic mass is 16.5. The summed E-state index contributed by atoms with van der Waals surface area (Å²) in [6.45, 7) is 2.64. The van der Waals surface area contributed by atoms with Gasteiger partial charge >= 0.3 is 0 Å². The van der Waals surface area contributed by atoms with Crippen molar-refractivity contribution in [2.45, 2.75) is 44.6 Å². The maximum atomic E-state index is 13.5. The number of aromatic nitrogens is 3. The molecule has 190 valence electrons. The summed E-state index contributed by atoms with van der Waals surface area (Å²) in [6.07, 6.45) is 9.23. The molecule has 0 atom stereocenters. The Morgan fingerprint density at radius 2 is 1.73 bits per heavy atom. The summed E-state index contributed by atoms with van der Waals surface area (Å²) in [5.41, 5.74) is 2.40. The second-order valence-corrected chi connectivity index (χ2v) is 9.91. The zero-order chi connectivity index (χ0) is 25.2. The molecule has 1 saturated carbocycles. The highest BCUT2D eigenvalue weighted by molar-refractivity contribution is 6.00. The van der Waals surface area contributed by atoms with Crippen LogP contribution in [0.3, 0.4) is 0 Å². The molecule has 0 radical (unpaired) electrons. The normalized spacial score (nSPS) is 17.2. The number of carbonyl (C=O) groups excluding carboxylic acids is 1. The van der Waals surface area contributed by atoms with Gasteiger partial charge in [-0.2, -0.15) is 9.78 Å². The highest BCUT2D eigenvalue weighted by Gasteiger charge is 2.23. The predicted octanol–water partition coefficient (Wildman–Crippen LogP) is 4.14. The molecular formula is C29H31N5O3. The number of nitrogens with zero attached hydrogens (tertiary/aromatic N) is 5. The van der Waals surface area contributed by atoms with Gasteiger partial charge in [0.25, 0.3) is 5.56 Å². The molecule has 2 fully saturated rings. The lowest BCUT2D eigenvalue weighted by atomic mass is 9.88. The summed E-state index contributed by atoms with van der Waals surface area (Å²) in [4.78, 5) is 33.3. The van der Waals surface area contributed by atoms with E-state index in [2.05, 4.69) is 0 Å². The van der Waals surface area contributed by atoms with Gasteiger partial charge in [-0.15, -0.1) is 0 Å². The van der Waals surface area contributed by atoms with Crippen LogP contribution in [-0.4, -0.2) is 57.6 Å². The fourth-order valence-corrected chi connectivity index (χ4v) is 5.56. The summed E-state index contributed by atoms with van der Waals surface area (Å²) < 4.78 is 8.86. The molecular weight excluding hydrogens is 466 g/mol. The van der Waals surface area contributed by atoms with E-state index in [1.54, 1.807) is 6.21 Å². The number of rotatable bonds is 5. The Morgan fingerprint density at radius 3 is 2.54 bits per heavy atom. The van der Waals surface area contributed by atoms with Crippen LogP contribution in [0.4, 0.5) is 0 Å². The zero-order valence-electron chi connectivity index (χ0n) is 20.9. The van der Waals surface area contributed by atoms with E-state index in [9.17, 15) is 9.59 Å². The lowest BCUT2D eigenvalue weighted by Gasteiger charge is -2.27. The van der Waals surface area contributed by atoms with Gasteiger partial charge in [0, 0.05) is 41.7 Å². The third kappa shape index (κ3) is 4.69. The number of fused-ring (bicyclic) bond motifs is 2. The van der Waals surface area contributed by atoms with Gasteiger partial charge in [-0.25, -0.2) is 4.98 Å². The third-order valence-corrected chi connectivity index (χ3v) is 7.55. The Balaban J connectivity index is 1.39. The van der Waals surface area contributed by atoms with Crippen LogP contribution in [0.15, 0.2) is 64.6 Å². The molecule has 1 aliphatic heterocycles.